The number of unbranched alkanes of at least 4 members (excludes halogenated alkanes) is 1. The lowest BCUT2D eigenvalue weighted by atomic mass is 9.90. The van der Waals surface area contributed by atoms with Gasteiger partial charge in [0.15, 0.2) is 5.78 Å². The van der Waals surface area contributed by atoms with Gasteiger partial charge in [-0.25, -0.2) is 0 Å². The van der Waals surface area contributed by atoms with Crippen LogP contribution in [-0.2, 0) is 6.42 Å². The van der Waals surface area contributed by atoms with Crippen molar-refractivity contribution in [3.05, 3.63) is 35.5 Å². The molecule has 0 aliphatic carbocycles. The van der Waals surface area contributed by atoms with Crippen molar-refractivity contribution in [3.63, 3.8) is 0 Å². The first-order valence-corrected chi connectivity index (χ1v) is 7.86. The van der Waals surface area contributed by atoms with Crippen molar-refractivity contribution in [2.24, 2.45) is 5.92 Å². The smallest absolute Gasteiger partial charge is 0.168 e. The Morgan fingerprint density at radius 2 is 2.05 bits per heavy atom. The highest BCUT2D eigenvalue weighted by atomic mass is 16.1. The van der Waals surface area contributed by atoms with Gasteiger partial charge >= 0.3 is 0 Å². The van der Waals surface area contributed by atoms with E-state index in [2.05, 4.69) is 44.0 Å². The number of ketones is 1. The van der Waals surface area contributed by atoms with Gasteiger partial charge in [0.25, 0.3) is 0 Å². The number of carbonyl (C=O) groups is 1. The molecule has 0 saturated heterocycles. The molecule has 2 heteroatoms. The topological polar surface area (TPSA) is 32.9 Å². The molecule has 1 aromatic heterocycles. The first-order chi connectivity index (χ1) is 9.72. The molecule has 2 rings (SSSR count). The molecule has 0 amide bonds. The van der Waals surface area contributed by atoms with Crippen molar-refractivity contribution in [3.8, 4) is 0 Å². The number of para-hydroxylation sites is 1. The van der Waals surface area contributed by atoms with Crippen LogP contribution in [0.2, 0.25) is 0 Å². The summed E-state index contributed by atoms with van der Waals surface area (Å²) in [5.74, 6) is 0.472. The van der Waals surface area contributed by atoms with Crippen molar-refractivity contribution in [2.45, 2.75) is 52.9 Å². The molecule has 0 aliphatic rings. The number of fused-ring (bicyclic) bond motifs is 1. The average Bonchev–Trinajstić information content (AvgIpc) is 2.91. The number of H-pyrrole nitrogens is 1. The lowest BCUT2D eigenvalue weighted by molar-refractivity contribution is 0.0910. The Kier molecular flexibility index (Phi) is 4.99. The summed E-state index contributed by atoms with van der Waals surface area (Å²) in [6.45, 7) is 6.44. The quantitative estimate of drug-likeness (QED) is 0.696. The normalized spacial score (nSPS) is 12.8. The van der Waals surface area contributed by atoms with Crippen LogP contribution in [0.15, 0.2) is 24.4 Å². The van der Waals surface area contributed by atoms with E-state index in [4.69, 9.17) is 0 Å². The van der Waals surface area contributed by atoms with Crippen LogP contribution in [0.5, 0.6) is 0 Å². The molecular formula is C18H25NO. The zero-order chi connectivity index (χ0) is 14.5. The summed E-state index contributed by atoms with van der Waals surface area (Å²) >= 11 is 0. The largest absolute Gasteiger partial charge is 0.360 e. The summed E-state index contributed by atoms with van der Waals surface area (Å²) in [5, 5.41) is 1.09. The van der Waals surface area contributed by atoms with Gasteiger partial charge in [0.05, 0.1) is 0 Å². The van der Waals surface area contributed by atoms with E-state index < -0.39 is 0 Å². The molecule has 0 fully saturated rings. The Labute approximate surface area is 121 Å². The molecular weight excluding hydrogens is 246 g/mol. The second-order valence-corrected chi connectivity index (χ2v) is 5.51. The minimum atomic E-state index is 0.166. The van der Waals surface area contributed by atoms with E-state index in [-0.39, 0.29) is 5.92 Å². The predicted octanol–water partition coefficient (Wildman–Crippen LogP) is 5.13. The van der Waals surface area contributed by atoms with Gasteiger partial charge in [0.1, 0.15) is 0 Å². The van der Waals surface area contributed by atoms with Crippen LogP contribution in [-0.4, -0.2) is 10.8 Å². The fourth-order valence-electron chi connectivity index (χ4n) is 2.91. The van der Waals surface area contributed by atoms with Crippen LogP contribution in [0.4, 0.5) is 0 Å². The van der Waals surface area contributed by atoms with Crippen LogP contribution in [0.25, 0.3) is 10.9 Å². The summed E-state index contributed by atoms with van der Waals surface area (Å²) in [6, 6.07) is 6.24. The van der Waals surface area contributed by atoms with Gasteiger partial charge in [-0.05, 0) is 24.8 Å². The predicted molar refractivity (Wildman–Crippen MR) is 85.3 cm³/mol. The molecule has 0 aliphatic heterocycles. The second-order valence-electron chi connectivity index (χ2n) is 5.51. The molecule has 108 valence electrons. The number of Topliss-reactive ketones (excluding diaryl/α,β-unsaturated/α-hetero) is 1. The van der Waals surface area contributed by atoms with E-state index in [0.717, 1.165) is 48.6 Å². The maximum Gasteiger partial charge on any atom is 0.168 e. The molecule has 2 nitrogen and oxygen atoms in total. The minimum absolute atomic E-state index is 0.166. The Bertz CT molecular complexity index is 582. The molecule has 1 heterocycles. The van der Waals surface area contributed by atoms with Crippen molar-refractivity contribution < 1.29 is 4.79 Å². The number of aryl methyl sites for hydroxylation is 1. The Hall–Kier alpha value is -1.57. The second kappa shape index (κ2) is 6.74. The maximum atomic E-state index is 12.7. The van der Waals surface area contributed by atoms with Gasteiger partial charge in [-0.3, -0.25) is 4.79 Å². The zero-order valence-electron chi connectivity index (χ0n) is 12.8. The van der Waals surface area contributed by atoms with E-state index >= 15 is 0 Å². The maximum absolute atomic E-state index is 12.7. The van der Waals surface area contributed by atoms with E-state index in [1.165, 1.54) is 5.56 Å². The molecule has 0 radical (unpaired) electrons. The summed E-state index contributed by atoms with van der Waals surface area (Å²) in [4.78, 5) is 16.0. The number of hydrogen-bond acceptors (Lipinski definition) is 1. The summed E-state index contributed by atoms with van der Waals surface area (Å²) in [5.41, 5.74) is 3.28. The van der Waals surface area contributed by atoms with Crippen molar-refractivity contribution >= 4 is 16.7 Å². The molecule has 1 N–H and O–H groups in total. The van der Waals surface area contributed by atoms with Crippen LogP contribution < -0.4 is 0 Å². The molecule has 1 aromatic carbocycles. The zero-order valence-corrected chi connectivity index (χ0v) is 12.8. The molecule has 0 spiro atoms. The molecule has 0 bridgehead atoms. The number of carbonyl (C=O) groups excluding carboxylic acids is 1. The first-order valence-electron chi connectivity index (χ1n) is 7.86. The lowest BCUT2D eigenvalue weighted by Gasteiger charge is -2.12. The number of aromatic amines is 1. The Balaban J connectivity index is 2.34. The number of hydrogen-bond donors (Lipinski definition) is 1. The fourth-order valence-corrected chi connectivity index (χ4v) is 2.91. The number of nitrogens with one attached hydrogen (secondary N) is 1. The van der Waals surface area contributed by atoms with Crippen LogP contribution in [0.1, 0.15) is 62.4 Å². The third-order valence-electron chi connectivity index (χ3n) is 4.22. The standard InChI is InChI=1S/C18H25NO/c1-4-7-9-14(6-3)18(20)16-12-19-17-13(5-2)10-8-11-15(16)17/h8,10-12,14,19H,4-7,9H2,1-3H3. The Morgan fingerprint density at radius 3 is 2.70 bits per heavy atom. The summed E-state index contributed by atoms with van der Waals surface area (Å²) in [7, 11) is 0. The highest BCUT2D eigenvalue weighted by molar-refractivity contribution is 6.09. The highest BCUT2D eigenvalue weighted by Crippen LogP contribution is 2.26. The van der Waals surface area contributed by atoms with E-state index in [1.54, 1.807) is 0 Å². The molecule has 0 saturated carbocycles. The summed E-state index contributed by atoms with van der Waals surface area (Å²) < 4.78 is 0. The fraction of sp³-hybridized carbons (Fsp3) is 0.500. The van der Waals surface area contributed by atoms with Crippen molar-refractivity contribution in [2.75, 3.05) is 0 Å². The van der Waals surface area contributed by atoms with E-state index in [1.807, 2.05) is 6.20 Å². The number of rotatable bonds is 7. The van der Waals surface area contributed by atoms with Crippen molar-refractivity contribution in [1.82, 2.24) is 4.98 Å². The number of benzene rings is 1. The first kappa shape index (κ1) is 14.8. The van der Waals surface area contributed by atoms with Crippen LogP contribution in [0.3, 0.4) is 0 Å². The molecule has 1 atom stereocenters. The van der Waals surface area contributed by atoms with Gasteiger partial charge in [-0.15, -0.1) is 0 Å². The third kappa shape index (κ3) is 2.79. The van der Waals surface area contributed by atoms with Gasteiger partial charge in [0, 0.05) is 28.6 Å². The SMILES string of the molecule is CCCCC(CC)C(=O)c1c[nH]c2c(CC)cccc12. The van der Waals surface area contributed by atoms with Gasteiger partial charge < -0.3 is 4.98 Å². The molecule has 2 aromatic rings. The lowest BCUT2D eigenvalue weighted by Crippen LogP contribution is -2.13. The molecule has 1 unspecified atom stereocenters. The Morgan fingerprint density at radius 1 is 1.25 bits per heavy atom. The van der Waals surface area contributed by atoms with Crippen LogP contribution >= 0.6 is 0 Å². The van der Waals surface area contributed by atoms with Gasteiger partial charge in [-0.1, -0.05) is 51.8 Å². The minimum Gasteiger partial charge on any atom is -0.360 e. The number of aromatic nitrogens is 1. The highest BCUT2D eigenvalue weighted by Gasteiger charge is 2.21. The molecule has 20 heavy (non-hydrogen) atoms. The van der Waals surface area contributed by atoms with Gasteiger partial charge in [0.2, 0.25) is 0 Å². The monoisotopic (exact) mass is 271 g/mol. The van der Waals surface area contributed by atoms with E-state index in [0.29, 0.717) is 5.78 Å². The summed E-state index contributed by atoms with van der Waals surface area (Å²) in [6.07, 6.45) is 7.11. The average molecular weight is 271 g/mol. The van der Waals surface area contributed by atoms with Crippen molar-refractivity contribution in [1.29, 1.82) is 0 Å². The third-order valence-corrected chi connectivity index (χ3v) is 4.22. The van der Waals surface area contributed by atoms with Crippen LogP contribution in [0, 0.1) is 5.92 Å². The van der Waals surface area contributed by atoms with Gasteiger partial charge in [-0.2, -0.15) is 0 Å². The van der Waals surface area contributed by atoms with E-state index in [9.17, 15) is 4.79 Å².